The standard InChI is InChI=1S/C13H28N2O/c1-11(2)13(4)14-12(3)5-6-15-7-9-16-10-8-15/h11-14H,5-10H2,1-4H3. The average Bonchev–Trinajstić information content (AvgIpc) is 2.27. The minimum absolute atomic E-state index is 0.611. The Balaban J connectivity index is 2.11. The van der Waals surface area contributed by atoms with Crippen molar-refractivity contribution in [1.82, 2.24) is 10.2 Å². The Morgan fingerprint density at radius 1 is 1.12 bits per heavy atom. The Hall–Kier alpha value is -0.120. The van der Waals surface area contributed by atoms with Gasteiger partial charge in [0.05, 0.1) is 13.2 Å². The van der Waals surface area contributed by atoms with Gasteiger partial charge in [0.1, 0.15) is 0 Å². The van der Waals surface area contributed by atoms with E-state index in [-0.39, 0.29) is 0 Å². The Bertz CT molecular complexity index is 179. The maximum Gasteiger partial charge on any atom is 0.0594 e. The molecule has 0 amide bonds. The van der Waals surface area contributed by atoms with Gasteiger partial charge < -0.3 is 10.1 Å². The van der Waals surface area contributed by atoms with Gasteiger partial charge in [-0.25, -0.2) is 0 Å². The van der Waals surface area contributed by atoms with Crippen molar-refractivity contribution in [1.29, 1.82) is 0 Å². The molecule has 0 spiro atoms. The van der Waals surface area contributed by atoms with Crippen LogP contribution < -0.4 is 5.32 Å². The molecule has 1 N–H and O–H groups in total. The van der Waals surface area contributed by atoms with Crippen LogP contribution >= 0.6 is 0 Å². The molecule has 0 bridgehead atoms. The largest absolute Gasteiger partial charge is 0.379 e. The molecule has 1 aliphatic rings. The van der Waals surface area contributed by atoms with Crippen LogP contribution in [0, 0.1) is 5.92 Å². The van der Waals surface area contributed by atoms with Crippen LogP contribution in [0.4, 0.5) is 0 Å². The maximum atomic E-state index is 5.35. The lowest BCUT2D eigenvalue weighted by Crippen LogP contribution is -2.42. The van der Waals surface area contributed by atoms with E-state index in [9.17, 15) is 0 Å². The van der Waals surface area contributed by atoms with Crippen molar-refractivity contribution in [3.63, 3.8) is 0 Å². The van der Waals surface area contributed by atoms with E-state index in [1.54, 1.807) is 0 Å². The monoisotopic (exact) mass is 228 g/mol. The molecule has 1 heterocycles. The molecule has 0 aliphatic carbocycles. The summed E-state index contributed by atoms with van der Waals surface area (Å²) in [6, 6.07) is 1.22. The molecule has 1 aliphatic heterocycles. The highest BCUT2D eigenvalue weighted by Crippen LogP contribution is 2.05. The van der Waals surface area contributed by atoms with Crippen molar-refractivity contribution in [2.45, 2.75) is 46.2 Å². The van der Waals surface area contributed by atoms with Gasteiger partial charge in [-0.3, -0.25) is 4.90 Å². The van der Waals surface area contributed by atoms with Crippen LogP contribution in [-0.4, -0.2) is 49.8 Å². The lowest BCUT2D eigenvalue weighted by Gasteiger charge is -2.29. The predicted octanol–water partition coefficient (Wildman–Crippen LogP) is 1.73. The molecule has 96 valence electrons. The van der Waals surface area contributed by atoms with Gasteiger partial charge in [-0.2, -0.15) is 0 Å². The molecule has 0 aromatic rings. The molecule has 16 heavy (non-hydrogen) atoms. The van der Waals surface area contributed by atoms with Crippen LogP contribution in [0.2, 0.25) is 0 Å². The van der Waals surface area contributed by atoms with Crippen LogP contribution in [0.3, 0.4) is 0 Å². The number of nitrogens with one attached hydrogen (secondary N) is 1. The van der Waals surface area contributed by atoms with Gasteiger partial charge in [0, 0.05) is 25.2 Å². The van der Waals surface area contributed by atoms with Gasteiger partial charge in [0.15, 0.2) is 0 Å². The van der Waals surface area contributed by atoms with E-state index < -0.39 is 0 Å². The number of rotatable bonds is 6. The maximum absolute atomic E-state index is 5.35. The summed E-state index contributed by atoms with van der Waals surface area (Å²) in [6.07, 6.45) is 1.23. The minimum Gasteiger partial charge on any atom is -0.379 e. The smallest absolute Gasteiger partial charge is 0.0594 e. The molecular weight excluding hydrogens is 200 g/mol. The summed E-state index contributed by atoms with van der Waals surface area (Å²) in [7, 11) is 0. The molecule has 1 saturated heterocycles. The number of hydrogen-bond acceptors (Lipinski definition) is 3. The van der Waals surface area contributed by atoms with E-state index >= 15 is 0 Å². The first-order valence-electron chi connectivity index (χ1n) is 6.65. The molecule has 3 heteroatoms. The van der Waals surface area contributed by atoms with Crippen molar-refractivity contribution in [3.05, 3.63) is 0 Å². The first kappa shape index (κ1) is 13.9. The van der Waals surface area contributed by atoms with Crippen molar-refractivity contribution < 1.29 is 4.74 Å². The first-order chi connectivity index (χ1) is 7.59. The summed E-state index contributed by atoms with van der Waals surface area (Å²) in [6.45, 7) is 14.3. The van der Waals surface area contributed by atoms with Crippen LogP contribution in [0.1, 0.15) is 34.1 Å². The van der Waals surface area contributed by atoms with Crippen molar-refractivity contribution in [3.8, 4) is 0 Å². The highest BCUT2D eigenvalue weighted by Gasteiger charge is 2.13. The minimum atomic E-state index is 0.611. The van der Waals surface area contributed by atoms with E-state index in [1.165, 1.54) is 13.0 Å². The molecule has 0 saturated carbocycles. The second-order valence-corrected chi connectivity index (χ2v) is 5.34. The van der Waals surface area contributed by atoms with E-state index in [2.05, 4.69) is 37.9 Å². The van der Waals surface area contributed by atoms with Crippen LogP contribution in [0.25, 0.3) is 0 Å². The first-order valence-corrected chi connectivity index (χ1v) is 6.65. The van der Waals surface area contributed by atoms with Gasteiger partial charge in [0.2, 0.25) is 0 Å². The summed E-state index contributed by atoms with van der Waals surface area (Å²) in [4.78, 5) is 2.50. The number of hydrogen-bond donors (Lipinski definition) is 1. The van der Waals surface area contributed by atoms with E-state index in [4.69, 9.17) is 4.74 Å². The highest BCUT2D eigenvalue weighted by molar-refractivity contribution is 4.72. The Labute approximate surface area is 101 Å². The molecule has 1 rings (SSSR count). The molecule has 0 aromatic carbocycles. The fraction of sp³-hybridized carbons (Fsp3) is 1.00. The lowest BCUT2D eigenvalue weighted by atomic mass is 10.0. The Kier molecular flexibility index (Phi) is 6.32. The third kappa shape index (κ3) is 5.28. The lowest BCUT2D eigenvalue weighted by molar-refractivity contribution is 0.0362. The van der Waals surface area contributed by atoms with Crippen molar-refractivity contribution in [2.75, 3.05) is 32.8 Å². The zero-order valence-corrected chi connectivity index (χ0v) is 11.3. The summed E-state index contributed by atoms with van der Waals surface area (Å²) in [5.74, 6) is 0.714. The molecule has 2 atom stereocenters. The van der Waals surface area contributed by atoms with E-state index in [1.807, 2.05) is 0 Å². The normalized spacial score (nSPS) is 22.3. The molecule has 0 aromatic heterocycles. The number of ether oxygens (including phenoxy) is 1. The van der Waals surface area contributed by atoms with Crippen molar-refractivity contribution >= 4 is 0 Å². The van der Waals surface area contributed by atoms with E-state index in [0.29, 0.717) is 18.0 Å². The SMILES string of the molecule is CC(CCN1CCOCC1)NC(C)C(C)C. The molecule has 1 fully saturated rings. The summed E-state index contributed by atoms with van der Waals surface area (Å²) in [5.41, 5.74) is 0. The zero-order chi connectivity index (χ0) is 12.0. The van der Waals surface area contributed by atoms with Gasteiger partial charge in [-0.05, 0) is 32.7 Å². The summed E-state index contributed by atoms with van der Waals surface area (Å²) in [5, 5.41) is 3.66. The number of morpholine rings is 1. The number of nitrogens with zero attached hydrogens (tertiary/aromatic N) is 1. The highest BCUT2D eigenvalue weighted by atomic mass is 16.5. The van der Waals surface area contributed by atoms with Gasteiger partial charge in [0.25, 0.3) is 0 Å². The van der Waals surface area contributed by atoms with Gasteiger partial charge in [-0.15, -0.1) is 0 Å². The summed E-state index contributed by atoms with van der Waals surface area (Å²) >= 11 is 0. The predicted molar refractivity (Wildman–Crippen MR) is 68.8 cm³/mol. The van der Waals surface area contributed by atoms with Gasteiger partial charge >= 0.3 is 0 Å². The third-order valence-corrected chi connectivity index (χ3v) is 3.53. The second kappa shape index (κ2) is 7.25. The molecule has 0 radical (unpaired) electrons. The molecule has 2 unspecified atom stereocenters. The fourth-order valence-corrected chi connectivity index (χ4v) is 1.93. The third-order valence-electron chi connectivity index (χ3n) is 3.53. The quantitative estimate of drug-likeness (QED) is 0.749. The molecule has 3 nitrogen and oxygen atoms in total. The Morgan fingerprint density at radius 3 is 2.31 bits per heavy atom. The van der Waals surface area contributed by atoms with Crippen molar-refractivity contribution in [2.24, 2.45) is 5.92 Å². The fourth-order valence-electron chi connectivity index (χ4n) is 1.93. The Morgan fingerprint density at radius 2 is 1.75 bits per heavy atom. The van der Waals surface area contributed by atoms with Crippen LogP contribution in [0.5, 0.6) is 0 Å². The van der Waals surface area contributed by atoms with Crippen LogP contribution in [0.15, 0.2) is 0 Å². The second-order valence-electron chi connectivity index (χ2n) is 5.34. The van der Waals surface area contributed by atoms with Gasteiger partial charge in [-0.1, -0.05) is 13.8 Å². The topological polar surface area (TPSA) is 24.5 Å². The average molecular weight is 228 g/mol. The molecular formula is C13H28N2O. The van der Waals surface area contributed by atoms with E-state index in [0.717, 1.165) is 26.3 Å². The zero-order valence-electron chi connectivity index (χ0n) is 11.3. The summed E-state index contributed by atoms with van der Waals surface area (Å²) < 4.78 is 5.35. The van der Waals surface area contributed by atoms with Crippen LogP contribution in [-0.2, 0) is 4.74 Å².